The number of fused-ring (bicyclic) bond motifs is 4. The molecule has 1 saturated heterocycles. The van der Waals surface area contributed by atoms with Gasteiger partial charge in [-0.15, -0.1) is 0 Å². The van der Waals surface area contributed by atoms with E-state index in [0.29, 0.717) is 22.3 Å². The molecule has 0 spiro atoms. The van der Waals surface area contributed by atoms with E-state index < -0.39 is 18.3 Å². The second-order valence-corrected chi connectivity index (χ2v) is 21.6. The van der Waals surface area contributed by atoms with Crippen LogP contribution in [0.1, 0.15) is 83.9 Å². The Bertz CT molecular complexity index is 4080. The standard InChI is InChI=1S/C23H20N4O3.C18H22BN3O4.C11H10BrNO.C4H10.CH2O3.2Cs.H/c1-11-5-7-18-15(6-8-19(28)27(18)4)20(11)16-9-14(21-12(2)26-30-13(21)3)10-17-22(16)25-23(29)24-17;1-9-14(10(2)24-22-9)11-7-12(15-13(8-11)20-16(23)21-15)19-25-17(3,4)18(5,6)26-19;1-7-3-5-9-8(11(7)12)4-6-10(14)13(9)2;1-4(2)3;2-1-4-3;;;/h5-10H,1-4H3,(H2,24,25,29);7-8H,1-6H3,(H2,20,21,23);3-6H,1-2H3;4H,1-3H3;1,3H;;;/q;;;;;2*+1;-1/p-1. The molecule has 1 aliphatic rings. The molecule has 4 aromatic carbocycles. The Labute approximate surface area is 589 Å². The zero-order valence-electron chi connectivity index (χ0n) is 49.3. The van der Waals surface area contributed by atoms with Gasteiger partial charge in [-0.3, -0.25) is 14.4 Å². The number of carbonyl (C=O) groups excluding carboxylic acids is 1. The van der Waals surface area contributed by atoms with Gasteiger partial charge in [0.1, 0.15) is 11.5 Å². The molecule has 0 unspecified atom stereocenters. The molecule has 10 aromatic rings. The minimum absolute atomic E-state index is 0. The number of aromatic nitrogens is 8. The van der Waals surface area contributed by atoms with Crippen LogP contribution in [-0.4, -0.2) is 64.2 Å². The molecule has 6 aromatic heterocycles. The van der Waals surface area contributed by atoms with Crippen LogP contribution < -0.4 is 171 Å². The van der Waals surface area contributed by atoms with Crippen molar-refractivity contribution >= 4 is 78.9 Å². The smallest absolute Gasteiger partial charge is 1.00 e. The topological polar surface area (TPSA) is 261 Å². The zero-order chi connectivity index (χ0) is 57.3. The van der Waals surface area contributed by atoms with E-state index in [1.807, 2.05) is 130 Å². The van der Waals surface area contributed by atoms with Gasteiger partial charge in [0.25, 0.3) is 17.6 Å². The number of nitrogens with one attached hydrogen (secondary N) is 4. The first-order chi connectivity index (χ1) is 36.7. The SMILES string of the molecule is CC(C)C.Cc1ccc2c(ccc(=O)n2C)c1-c1cc(-c2c(C)noc2C)cc2[nH]c(=O)[nH]c12.Cc1ccc2c(ccc(=O)n2C)c1Br.Cc1noc(C)c1-c1cc(B2OC(C)(C)C(C)(C)O2)c2[nH]c(=O)[nH]c2c1.O=CO[O-].[Cs+].[Cs+].[H-]. The van der Waals surface area contributed by atoms with Gasteiger partial charge < -0.3 is 59.0 Å². The quantitative estimate of drug-likeness (QED) is 0.0837. The number of hydrogen-bond donors (Lipinski definition) is 4. The number of aryl methyl sites for hydroxylation is 8. The first-order valence-corrected chi connectivity index (χ1v) is 25.8. The Hall–Kier alpha value is -3.74. The van der Waals surface area contributed by atoms with Crippen LogP contribution in [0, 0.1) is 47.5 Å². The van der Waals surface area contributed by atoms with E-state index in [-0.39, 0.29) is 168 Å². The monoisotopic (exact) mass is 1390 g/mol. The predicted octanol–water partition coefficient (Wildman–Crippen LogP) is 3.21. The van der Waals surface area contributed by atoms with E-state index in [1.54, 1.807) is 35.4 Å². The molecule has 7 heterocycles. The van der Waals surface area contributed by atoms with Crippen molar-refractivity contribution in [2.75, 3.05) is 0 Å². The van der Waals surface area contributed by atoms with Gasteiger partial charge in [-0.1, -0.05) is 49.3 Å². The van der Waals surface area contributed by atoms with E-state index >= 15 is 0 Å². The van der Waals surface area contributed by atoms with E-state index in [4.69, 9.17) is 28.4 Å². The first kappa shape index (κ1) is 67.1. The van der Waals surface area contributed by atoms with E-state index in [1.165, 1.54) is 5.56 Å². The molecule has 1 fully saturated rings. The van der Waals surface area contributed by atoms with Crippen LogP contribution in [0.2, 0.25) is 0 Å². The fourth-order valence-corrected chi connectivity index (χ4v) is 9.66. The maximum Gasteiger partial charge on any atom is 1.00 e. The van der Waals surface area contributed by atoms with Crippen LogP contribution in [0.25, 0.3) is 77.3 Å². The van der Waals surface area contributed by atoms with Crippen molar-refractivity contribution < 1.29 is 173 Å². The fourth-order valence-electron chi connectivity index (χ4n) is 9.19. The Balaban J connectivity index is 0.000000251. The van der Waals surface area contributed by atoms with Crippen LogP contribution in [0.15, 0.2) is 105 Å². The van der Waals surface area contributed by atoms with Crippen molar-refractivity contribution in [1.82, 2.24) is 39.4 Å². The van der Waals surface area contributed by atoms with Crippen molar-refractivity contribution in [3.05, 3.63) is 153 Å². The van der Waals surface area contributed by atoms with Crippen LogP contribution in [0.5, 0.6) is 0 Å². The molecule has 80 heavy (non-hydrogen) atoms. The van der Waals surface area contributed by atoms with E-state index in [0.717, 1.165) is 99.3 Å². The van der Waals surface area contributed by atoms with Crippen molar-refractivity contribution in [1.29, 1.82) is 0 Å². The molecule has 0 atom stereocenters. The van der Waals surface area contributed by atoms with Crippen LogP contribution in [0.3, 0.4) is 0 Å². The summed E-state index contributed by atoms with van der Waals surface area (Å²) >= 11 is 3.52. The Morgan fingerprint density at radius 1 is 0.637 bits per heavy atom. The molecule has 0 aliphatic carbocycles. The molecule has 23 heteroatoms. The number of imidazole rings is 2. The minimum atomic E-state index is -0.589. The average Bonchev–Trinajstić information content (AvgIpc) is 4.18. The molecule has 11 rings (SSSR count). The molecule has 0 radical (unpaired) electrons. The van der Waals surface area contributed by atoms with Crippen molar-refractivity contribution in [3.8, 4) is 33.4 Å². The number of rotatable bonds is 5. The maximum atomic E-state index is 12.2. The van der Waals surface area contributed by atoms with Crippen LogP contribution in [0.4, 0.5) is 0 Å². The van der Waals surface area contributed by atoms with Crippen molar-refractivity contribution in [2.45, 2.75) is 101 Å². The Kier molecular flexibility index (Phi) is 23.3. The molecule has 0 amide bonds. The maximum absolute atomic E-state index is 12.2. The molecular weight excluding hydrogens is 1330 g/mol. The third-order valence-corrected chi connectivity index (χ3v) is 14.7. The van der Waals surface area contributed by atoms with Gasteiger partial charge in [-0.25, -0.2) is 9.59 Å². The fraction of sp³-hybridized carbons (Fsp3) is 0.316. The number of carbonyl (C=O) groups is 1. The number of halogens is 1. The summed E-state index contributed by atoms with van der Waals surface area (Å²) in [7, 11) is 2.96. The van der Waals surface area contributed by atoms with Gasteiger partial charge in [0.05, 0.1) is 55.7 Å². The molecular formula is C57H64BBrCs2N8O11. The first-order valence-electron chi connectivity index (χ1n) is 25.0. The Morgan fingerprint density at radius 3 is 1.52 bits per heavy atom. The molecule has 4 N–H and O–H groups in total. The summed E-state index contributed by atoms with van der Waals surface area (Å²) < 4.78 is 27.4. The second-order valence-electron chi connectivity index (χ2n) is 20.8. The summed E-state index contributed by atoms with van der Waals surface area (Å²) in [6.45, 7) is 25.9. The second kappa shape index (κ2) is 27.8. The summed E-state index contributed by atoms with van der Waals surface area (Å²) in [5, 5.41) is 18.6. The number of aromatic amines is 4. The number of H-pyrrole nitrogens is 4. The van der Waals surface area contributed by atoms with E-state index in [2.05, 4.69) is 71.8 Å². The van der Waals surface area contributed by atoms with Gasteiger partial charge in [-0.05, 0) is 161 Å². The summed E-state index contributed by atoms with van der Waals surface area (Å²) in [4.78, 5) is 70.4. The van der Waals surface area contributed by atoms with Gasteiger partial charge in [0.2, 0.25) is 0 Å². The zero-order valence-corrected chi connectivity index (χ0v) is 62.5. The van der Waals surface area contributed by atoms with Gasteiger partial charge >= 0.3 is 156 Å². The third-order valence-electron chi connectivity index (χ3n) is 13.7. The summed E-state index contributed by atoms with van der Waals surface area (Å²) in [5.41, 5.74) is 13.1. The number of nitrogens with zero attached hydrogens (tertiary/aromatic N) is 4. The Morgan fingerprint density at radius 2 is 1.06 bits per heavy atom. The molecule has 0 saturated carbocycles. The minimum Gasteiger partial charge on any atom is -1.00 e. The van der Waals surface area contributed by atoms with Crippen LogP contribution >= 0.6 is 15.9 Å². The van der Waals surface area contributed by atoms with Gasteiger partial charge in [-0.2, -0.15) is 0 Å². The van der Waals surface area contributed by atoms with Crippen molar-refractivity contribution in [2.24, 2.45) is 20.0 Å². The van der Waals surface area contributed by atoms with Gasteiger partial charge in [0.15, 0.2) is 0 Å². The molecule has 0 bridgehead atoms. The summed E-state index contributed by atoms with van der Waals surface area (Å²) in [6, 6.07) is 22.6. The summed E-state index contributed by atoms with van der Waals surface area (Å²) in [5.74, 6) is 2.27. The summed E-state index contributed by atoms with van der Waals surface area (Å²) in [6.07, 6.45) is 0. The third kappa shape index (κ3) is 14.4. The number of hydrogen-bond acceptors (Lipinski definition) is 13. The molecule has 19 nitrogen and oxygen atoms in total. The molecule has 410 valence electrons. The number of benzene rings is 4. The normalized spacial score (nSPS) is 13.1. The van der Waals surface area contributed by atoms with Gasteiger partial charge in [0, 0.05) is 63.6 Å². The molecule has 1 aliphatic heterocycles. The van der Waals surface area contributed by atoms with Crippen molar-refractivity contribution in [3.63, 3.8) is 0 Å². The largest absolute Gasteiger partial charge is 1.00 e. The van der Waals surface area contributed by atoms with Crippen LogP contribution in [-0.2, 0) is 33.1 Å². The van der Waals surface area contributed by atoms with E-state index in [9.17, 15) is 19.2 Å². The predicted molar refractivity (Wildman–Crippen MR) is 307 cm³/mol. The average molecular weight is 1390 g/mol. The number of pyridine rings is 2.